The summed E-state index contributed by atoms with van der Waals surface area (Å²) >= 11 is 1.94. The van der Waals surface area contributed by atoms with Crippen LogP contribution >= 0.6 is 11.8 Å². The van der Waals surface area contributed by atoms with Crippen molar-refractivity contribution >= 4 is 11.8 Å². The molecule has 2 fully saturated rings. The van der Waals surface area contributed by atoms with E-state index in [2.05, 4.69) is 13.8 Å². The van der Waals surface area contributed by atoms with Gasteiger partial charge in [0, 0.05) is 5.75 Å². The molecule has 1 nitrogen and oxygen atoms in total. The zero-order chi connectivity index (χ0) is 11.6. The lowest BCUT2D eigenvalue weighted by molar-refractivity contribution is -0.0721. The third-order valence-corrected chi connectivity index (χ3v) is 6.00. The molecule has 1 heterocycles. The van der Waals surface area contributed by atoms with Gasteiger partial charge in [-0.1, -0.05) is 46.0 Å². The molecule has 1 saturated heterocycles. The van der Waals surface area contributed by atoms with E-state index in [1.54, 1.807) is 0 Å². The Morgan fingerprint density at radius 3 is 2.50 bits per heavy atom. The molecule has 0 aromatic heterocycles. The van der Waals surface area contributed by atoms with E-state index in [1.807, 2.05) is 11.8 Å². The van der Waals surface area contributed by atoms with E-state index < -0.39 is 5.60 Å². The highest BCUT2D eigenvalue weighted by molar-refractivity contribution is 7.99. The molecule has 0 aromatic carbocycles. The molecule has 16 heavy (non-hydrogen) atoms. The van der Waals surface area contributed by atoms with Crippen LogP contribution in [-0.2, 0) is 0 Å². The average Bonchev–Trinajstić information content (AvgIpc) is 2.24. The van der Waals surface area contributed by atoms with Crippen molar-refractivity contribution in [3.63, 3.8) is 0 Å². The maximum Gasteiger partial charge on any atom is 0.0791 e. The van der Waals surface area contributed by atoms with Crippen LogP contribution in [-0.4, -0.2) is 22.2 Å². The standard InChI is InChI=1S/C14H26OS/c1-13(2)8-9-16-11-14(13,15)10-12-6-4-3-5-7-12/h12,15H,3-11H2,1-2H3. The SMILES string of the molecule is CC1(C)CCSCC1(O)CC1CCCCC1. The van der Waals surface area contributed by atoms with E-state index in [0.717, 1.165) is 18.1 Å². The second kappa shape index (κ2) is 4.89. The molecule has 94 valence electrons. The molecule has 1 aliphatic carbocycles. The van der Waals surface area contributed by atoms with Crippen molar-refractivity contribution in [3.8, 4) is 0 Å². The van der Waals surface area contributed by atoms with E-state index >= 15 is 0 Å². The molecule has 1 N–H and O–H groups in total. The van der Waals surface area contributed by atoms with Crippen LogP contribution < -0.4 is 0 Å². The van der Waals surface area contributed by atoms with Gasteiger partial charge < -0.3 is 5.11 Å². The van der Waals surface area contributed by atoms with Crippen LogP contribution in [0.25, 0.3) is 0 Å². The fourth-order valence-corrected chi connectivity index (χ4v) is 4.85. The highest BCUT2D eigenvalue weighted by Gasteiger charge is 2.46. The second-order valence-corrected chi connectivity index (χ2v) is 7.53. The van der Waals surface area contributed by atoms with Crippen LogP contribution in [0.4, 0.5) is 0 Å². The van der Waals surface area contributed by atoms with Gasteiger partial charge in [0.15, 0.2) is 0 Å². The van der Waals surface area contributed by atoms with Crippen LogP contribution in [0.2, 0.25) is 0 Å². The van der Waals surface area contributed by atoms with Gasteiger partial charge >= 0.3 is 0 Å². The Balaban J connectivity index is 1.99. The highest BCUT2D eigenvalue weighted by atomic mass is 32.2. The Bertz CT molecular complexity index is 233. The van der Waals surface area contributed by atoms with Crippen molar-refractivity contribution in [1.29, 1.82) is 0 Å². The Morgan fingerprint density at radius 1 is 1.19 bits per heavy atom. The lowest BCUT2D eigenvalue weighted by Gasteiger charge is -2.48. The van der Waals surface area contributed by atoms with Gasteiger partial charge in [0.1, 0.15) is 0 Å². The molecule has 0 bridgehead atoms. The smallest absolute Gasteiger partial charge is 0.0791 e. The Kier molecular flexibility index (Phi) is 3.90. The summed E-state index contributed by atoms with van der Waals surface area (Å²) in [6.07, 6.45) is 9.09. The lowest BCUT2D eigenvalue weighted by Crippen LogP contribution is -2.51. The van der Waals surface area contributed by atoms with Gasteiger partial charge in [-0.3, -0.25) is 0 Å². The monoisotopic (exact) mass is 242 g/mol. The zero-order valence-electron chi connectivity index (χ0n) is 10.8. The predicted octanol–water partition coefficient (Wildman–Crippen LogP) is 3.85. The fourth-order valence-electron chi connectivity index (χ4n) is 3.20. The summed E-state index contributed by atoms with van der Waals surface area (Å²) in [6, 6.07) is 0. The Hall–Kier alpha value is 0.310. The molecule has 1 atom stereocenters. The van der Waals surface area contributed by atoms with Crippen LogP contribution in [0.5, 0.6) is 0 Å². The van der Waals surface area contributed by atoms with Crippen LogP contribution in [0, 0.1) is 11.3 Å². The van der Waals surface area contributed by atoms with Gasteiger partial charge in [0.25, 0.3) is 0 Å². The molecule has 0 spiro atoms. The molecule has 1 aliphatic heterocycles. The van der Waals surface area contributed by atoms with E-state index in [4.69, 9.17) is 0 Å². The number of hydrogen-bond acceptors (Lipinski definition) is 2. The molecule has 0 aromatic rings. The van der Waals surface area contributed by atoms with Crippen molar-refractivity contribution in [2.75, 3.05) is 11.5 Å². The molecule has 0 radical (unpaired) electrons. The quantitative estimate of drug-likeness (QED) is 0.793. The average molecular weight is 242 g/mol. The van der Waals surface area contributed by atoms with E-state index in [9.17, 15) is 5.11 Å². The molecule has 1 saturated carbocycles. The second-order valence-electron chi connectivity index (χ2n) is 6.43. The first kappa shape index (κ1) is 12.8. The third-order valence-electron chi connectivity index (χ3n) is 4.82. The normalized spacial score (nSPS) is 36.2. The lowest BCUT2D eigenvalue weighted by atomic mass is 9.68. The van der Waals surface area contributed by atoms with Crippen molar-refractivity contribution in [2.24, 2.45) is 11.3 Å². The Morgan fingerprint density at radius 2 is 1.88 bits per heavy atom. The summed E-state index contributed by atoms with van der Waals surface area (Å²) in [5.41, 5.74) is -0.284. The van der Waals surface area contributed by atoms with E-state index in [1.165, 1.54) is 44.3 Å². The molecule has 0 amide bonds. The number of thioether (sulfide) groups is 1. The summed E-state index contributed by atoms with van der Waals surface area (Å²) in [5, 5.41) is 10.9. The topological polar surface area (TPSA) is 20.2 Å². The van der Waals surface area contributed by atoms with E-state index in [-0.39, 0.29) is 5.41 Å². The molecule has 2 aliphatic rings. The maximum absolute atomic E-state index is 10.9. The summed E-state index contributed by atoms with van der Waals surface area (Å²) in [7, 11) is 0. The first-order valence-electron chi connectivity index (χ1n) is 6.84. The van der Waals surface area contributed by atoms with Crippen LogP contribution in [0.1, 0.15) is 58.8 Å². The molecule has 1 unspecified atom stereocenters. The third kappa shape index (κ3) is 2.59. The Labute approximate surface area is 104 Å². The van der Waals surface area contributed by atoms with Crippen molar-refractivity contribution in [1.82, 2.24) is 0 Å². The van der Waals surface area contributed by atoms with E-state index in [0.29, 0.717) is 0 Å². The first-order chi connectivity index (χ1) is 7.54. The molecular formula is C14H26OS. The van der Waals surface area contributed by atoms with Gasteiger partial charge in [-0.05, 0) is 29.9 Å². The van der Waals surface area contributed by atoms with Gasteiger partial charge in [-0.25, -0.2) is 0 Å². The minimum absolute atomic E-state index is 0.121. The molecule has 2 rings (SSSR count). The number of rotatable bonds is 2. The zero-order valence-corrected chi connectivity index (χ0v) is 11.6. The van der Waals surface area contributed by atoms with Gasteiger partial charge in [-0.15, -0.1) is 0 Å². The van der Waals surface area contributed by atoms with Crippen molar-refractivity contribution < 1.29 is 5.11 Å². The summed E-state index contributed by atoms with van der Waals surface area (Å²) in [4.78, 5) is 0. The largest absolute Gasteiger partial charge is 0.388 e. The summed E-state index contributed by atoms with van der Waals surface area (Å²) < 4.78 is 0. The van der Waals surface area contributed by atoms with Gasteiger partial charge in [-0.2, -0.15) is 11.8 Å². The van der Waals surface area contributed by atoms with Crippen LogP contribution in [0.3, 0.4) is 0 Å². The van der Waals surface area contributed by atoms with Crippen molar-refractivity contribution in [3.05, 3.63) is 0 Å². The number of hydrogen-bond donors (Lipinski definition) is 1. The molecule has 2 heteroatoms. The van der Waals surface area contributed by atoms with Gasteiger partial charge in [0.2, 0.25) is 0 Å². The highest BCUT2D eigenvalue weighted by Crippen LogP contribution is 2.47. The number of aliphatic hydroxyl groups is 1. The van der Waals surface area contributed by atoms with Gasteiger partial charge in [0.05, 0.1) is 5.60 Å². The minimum atomic E-state index is -0.405. The first-order valence-corrected chi connectivity index (χ1v) is 7.99. The summed E-state index contributed by atoms with van der Waals surface area (Å²) in [5.74, 6) is 2.97. The maximum atomic E-state index is 10.9. The fraction of sp³-hybridized carbons (Fsp3) is 1.00. The molecular weight excluding hydrogens is 216 g/mol. The van der Waals surface area contributed by atoms with Crippen LogP contribution in [0.15, 0.2) is 0 Å². The van der Waals surface area contributed by atoms with Crippen molar-refractivity contribution in [2.45, 2.75) is 64.4 Å². The predicted molar refractivity (Wildman–Crippen MR) is 71.9 cm³/mol. The minimum Gasteiger partial charge on any atom is -0.388 e. The summed E-state index contributed by atoms with van der Waals surface area (Å²) in [6.45, 7) is 4.52.